The molecule has 0 radical (unpaired) electrons. The molecule has 0 unspecified atom stereocenters. The summed E-state index contributed by atoms with van der Waals surface area (Å²) in [6, 6.07) is 2.20. The van der Waals surface area contributed by atoms with E-state index in [1.807, 2.05) is 0 Å². The molecule has 0 spiro atoms. The molecular formula is C13H23N5S. The van der Waals surface area contributed by atoms with Gasteiger partial charge in [-0.2, -0.15) is 5.26 Å². The molecule has 5 nitrogen and oxygen atoms in total. The molecule has 0 saturated carbocycles. The summed E-state index contributed by atoms with van der Waals surface area (Å²) in [5.41, 5.74) is 0. The lowest BCUT2D eigenvalue weighted by atomic mass is 10.2. The molecule has 0 atom stereocenters. The summed E-state index contributed by atoms with van der Waals surface area (Å²) >= 11 is 1.60. The van der Waals surface area contributed by atoms with Crippen LogP contribution in [0.2, 0.25) is 0 Å². The Kier molecular flexibility index (Phi) is 7.38. The number of nitrogens with zero attached hydrogens (tertiary/aromatic N) is 4. The van der Waals surface area contributed by atoms with Crippen molar-refractivity contribution in [2.45, 2.75) is 40.2 Å². The van der Waals surface area contributed by atoms with Gasteiger partial charge in [-0.05, 0) is 12.3 Å². The van der Waals surface area contributed by atoms with Gasteiger partial charge in [-0.3, -0.25) is 4.90 Å². The Balaban J connectivity index is 2.52. The number of anilines is 1. The molecule has 1 aromatic heterocycles. The summed E-state index contributed by atoms with van der Waals surface area (Å²) in [4.78, 5) is 2.28. The Morgan fingerprint density at radius 2 is 2.21 bits per heavy atom. The van der Waals surface area contributed by atoms with Crippen LogP contribution in [0.4, 0.5) is 5.13 Å². The topological polar surface area (TPSA) is 64.8 Å². The number of rotatable bonds is 9. The van der Waals surface area contributed by atoms with Gasteiger partial charge >= 0.3 is 0 Å². The highest BCUT2D eigenvalue weighted by Crippen LogP contribution is 2.17. The van der Waals surface area contributed by atoms with E-state index in [4.69, 9.17) is 5.26 Å². The second-order valence-electron chi connectivity index (χ2n) is 4.96. The highest BCUT2D eigenvalue weighted by molar-refractivity contribution is 7.15. The van der Waals surface area contributed by atoms with Crippen LogP contribution in [0.25, 0.3) is 0 Å². The summed E-state index contributed by atoms with van der Waals surface area (Å²) in [6.45, 7) is 10.00. The molecule has 0 aliphatic heterocycles. The quantitative estimate of drug-likeness (QED) is 0.754. The zero-order valence-corrected chi connectivity index (χ0v) is 12.8. The van der Waals surface area contributed by atoms with Gasteiger partial charge in [0.1, 0.15) is 5.01 Å². The molecule has 0 fully saturated rings. The fraction of sp³-hybridized carbons (Fsp3) is 0.769. The Morgan fingerprint density at radius 3 is 2.84 bits per heavy atom. The SMILES string of the molecule is CCCNc1nnc(CN(CCC#N)CC(C)C)s1. The van der Waals surface area contributed by atoms with Gasteiger partial charge in [0, 0.05) is 26.1 Å². The lowest BCUT2D eigenvalue weighted by molar-refractivity contribution is 0.240. The maximum atomic E-state index is 8.70. The van der Waals surface area contributed by atoms with Crippen LogP contribution in [-0.2, 0) is 6.54 Å². The van der Waals surface area contributed by atoms with E-state index in [0.29, 0.717) is 12.3 Å². The van der Waals surface area contributed by atoms with Crippen LogP contribution >= 0.6 is 11.3 Å². The maximum Gasteiger partial charge on any atom is 0.205 e. The van der Waals surface area contributed by atoms with Crippen LogP contribution in [0.1, 0.15) is 38.6 Å². The van der Waals surface area contributed by atoms with Gasteiger partial charge < -0.3 is 5.32 Å². The van der Waals surface area contributed by atoms with Crippen LogP contribution in [0.3, 0.4) is 0 Å². The smallest absolute Gasteiger partial charge is 0.205 e. The van der Waals surface area contributed by atoms with Crippen molar-refractivity contribution in [3.05, 3.63) is 5.01 Å². The summed E-state index contributed by atoms with van der Waals surface area (Å²) in [7, 11) is 0. The number of hydrogen-bond donors (Lipinski definition) is 1. The molecule has 0 aliphatic rings. The van der Waals surface area contributed by atoms with Crippen LogP contribution in [0.5, 0.6) is 0 Å². The minimum Gasteiger partial charge on any atom is -0.360 e. The Hall–Kier alpha value is -1.19. The Morgan fingerprint density at radius 1 is 1.42 bits per heavy atom. The molecule has 106 valence electrons. The van der Waals surface area contributed by atoms with E-state index in [1.54, 1.807) is 11.3 Å². The maximum absolute atomic E-state index is 8.70. The van der Waals surface area contributed by atoms with Gasteiger partial charge in [-0.25, -0.2) is 0 Å². The third kappa shape index (κ3) is 6.50. The largest absolute Gasteiger partial charge is 0.360 e. The highest BCUT2D eigenvalue weighted by Gasteiger charge is 2.11. The molecule has 0 amide bonds. The van der Waals surface area contributed by atoms with Crippen LogP contribution in [-0.4, -0.2) is 34.7 Å². The third-order valence-electron chi connectivity index (χ3n) is 2.52. The van der Waals surface area contributed by atoms with Crippen molar-refractivity contribution in [3.8, 4) is 6.07 Å². The number of aromatic nitrogens is 2. The van der Waals surface area contributed by atoms with Crippen molar-refractivity contribution < 1.29 is 0 Å². The van der Waals surface area contributed by atoms with Gasteiger partial charge in [0.15, 0.2) is 0 Å². The monoisotopic (exact) mass is 281 g/mol. The van der Waals surface area contributed by atoms with E-state index in [0.717, 1.165) is 42.7 Å². The zero-order chi connectivity index (χ0) is 14.1. The molecule has 1 heterocycles. The lowest BCUT2D eigenvalue weighted by Gasteiger charge is -2.21. The van der Waals surface area contributed by atoms with Gasteiger partial charge in [0.25, 0.3) is 0 Å². The first kappa shape index (κ1) is 15.9. The highest BCUT2D eigenvalue weighted by atomic mass is 32.1. The van der Waals surface area contributed by atoms with Crippen LogP contribution in [0.15, 0.2) is 0 Å². The third-order valence-corrected chi connectivity index (χ3v) is 3.38. The molecule has 19 heavy (non-hydrogen) atoms. The van der Waals surface area contributed by atoms with Crippen LogP contribution < -0.4 is 5.32 Å². The summed E-state index contributed by atoms with van der Waals surface area (Å²) < 4.78 is 0. The molecule has 6 heteroatoms. The van der Waals surface area contributed by atoms with Crippen molar-refractivity contribution >= 4 is 16.5 Å². The van der Waals surface area contributed by atoms with Crippen molar-refractivity contribution in [3.63, 3.8) is 0 Å². The van der Waals surface area contributed by atoms with Crippen molar-refractivity contribution in [2.75, 3.05) is 25.0 Å². The van der Waals surface area contributed by atoms with Gasteiger partial charge in [0.2, 0.25) is 5.13 Å². The predicted octanol–water partition coefficient (Wildman–Crippen LogP) is 2.73. The Bertz CT molecular complexity index is 396. The van der Waals surface area contributed by atoms with Gasteiger partial charge in [-0.1, -0.05) is 32.1 Å². The molecule has 0 aliphatic carbocycles. The minimum atomic E-state index is 0.562. The summed E-state index contributed by atoms with van der Waals surface area (Å²) in [6.07, 6.45) is 1.64. The van der Waals surface area contributed by atoms with Gasteiger partial charge in [0.05, 0.1) is 12.6 Å². The lowest BCUT2D eigenvalue weighted by Crippen LogP contribution is -2.28. The molecule has 0 bridgehead atoms. The number of nitriles is 1. The van der Waals surface area contributed by atoms with Crippen LogP contribution in [0, 0.1) is 17.2 Å². The summed E-state index contributed by atoms with van der Waals surface area (Å²) in [5.74, 6) is 0.587. The average molecular weight is 281 g/mol. The van der Waals surface area contributed by atoms with Crippen molar-refractivity contribution in [1.82, 2.24) is 15.1 Å². The number of hydrogen-bond acceptors (Lipinski definition) is 6. The standard InChI is InChI=1S/C13H23N5S/c1-4-7-15-13-17-16-12(19-13)10-18(8-5-6-14)9-11(2)3/h11H,4-5,7-10H2,1-3H3,(H,15,17). The summed E-state index contributed by atoms with van der Waals surface area (Å²) in [5, 5.41) is 22.2. The Labute approximate surface area is 119 Å². The molecule has 0 saturated heterocycles. The van der Waals surface area contributed by atoms with E-state index < -0.39 is 0 Å². The average Bonchev–Trinajstić information content (AvgIpc) is 2.80. The molecule has 1 N–H and O–H groups in total. The predicted molar refractivity (Wildman–Crippen MR) is 79.0 cm³/mol. The molecule has 1 aromatic rings. The molecular weight excluding hydrogens is 258 g/mol. The fourth-order valence-electron chi connectivity index (χ4n) is 1.77. The second-order valence-corrected chi connectivity index (χ2v) is 6.03. The van der Waals surface area contributed by atoms with E-state index in [-0.39, 0.29) is 0 Å². The van der Waals surface area contributed by atoms with E-state index in [2.05, 4.69) is 47.3 Å². The van der Waals surface area contributed by atoms with E-state index >= 15 is 0 Å². The number of nitrogens with one attached hydrogen (secondary N) is 1. The first-order valence-electron chi connectivity index (χ1n) is 6.81. The molecule has 1 rings (SSSR count). The first-order valence-corrected chi connectivity index (χ1v) is 7.62. The second kappa shape index (κ2) is 8.83. The first-order chi connectivity index (χ1) is 9.15. The molecule has 0 aromatic carbocycles. The minimum absolute atomic E-state index is 0.562. The van der Waals surface area contributed by atoms with E-state index in [9.17, 15) is 0 Å². The fourth-order valence-corrected chi connectivity index (χ4v) is 2.58. The van der Waals surface area contributed by atoms with E-state index in [1.165, 1.54) is 0 Å². The zero-order valence-electron chi connectivity index (χ0n) is 12.0. The van der Waals surface area contributed by atoms with Gasteiger partial charge in [-0.15, -0.1) is 10.2 Å². The normalized spacial score (nSPS) is 10.9. The van der Waals surface area contributed by atoms with Crippen molar-refractivity contribution in [2.24, 2.45) is 5.92 Å². The van der Waals surface area contributed by atoms with Crippen molar-refractivity contribution in [1.29, 1.82) is 5.26 Å².